The highest BCUT2D eigenvalue weighted by molar-refractivity contribution is 9.10. The Bertz CT molecular complexity index is 342. The van der Waals surface area contributed by atoms with Gasteiger partial charge in [0.05, 0.1) is 5.92 Å². The number of hydrogen-bond acceptors (Lipinski definition) is 4. The number of carbonyl (C=O) groups excluding carboxylic acids is 1. The van der Waals surface area contributed by atoms with Crippen LogP contribution in [0.5, 0.6) is 0 Å². The summed E-state index contributed by atoms with van der Waals surface area (Å²) in [5, 5.41) is 5.48. The second-order valence-corrected chi connectivity index (χ2v) is 5.00. The monoisotopic (exact) mass is 291 g/mol. The fourth-order valence-electron chi connectivity index (χ4n) is 1.24. The molecule has 0 spiro atoms. The standard InChI is InChI=1S/C9H14BrN3OS/c1-6(8(14)11-2)4-13(3)9-12-7(10)5-15-9/h5-6H,4H2,1-3H3,(H,11,14). The van der Waals surface area contributed by atoms with Crippen molar-refractivity contribution in [2.24, 2.45) is 5.92 Å². The van der Waals surface area contributed by atoms with E-state index in [1.165, 1.54) is 0 Å². The number of halogens is 1. The first kappa shape index (κ1) is 12.4. The Balaban J connectivity index is 2.55. The van der Waals surface area contributed by atoms with Crippen LogP contribution in [0.3, 0.4) is 0 Å². The van der Waals surface area contributed by atoms with Gasteiger partial charge in [-0.15, -0.1) is 11.3 Å². The van der Waals surface area contributed by atoms with E-state index in [4.69, 9.17) is 0 Å². The lowest BCUT2D eigenvalue weighted by Crippen LogP contribution is -2.34. The summed E-state index contributed by atoms with van der Waals surface area (Å²) in [5.41, 5.74) is 0. The van der Waals surface area contributed by atoms with Crippen LogP contribution in [-0.4, -0.2) is 31.5 Å². The quantitative estimate of drug-likeness (QED) is 0.919. The lowest BCUT2D eigenvalue weighted by Gasteiger charge is -2.19. The summed E-state index contributed by atoms with van der Waals surface area (Å²) in [7, 11) is 3.59. The Morgan fingerprint density at radius 3 is 2.93 bits per heavy atom. The molecule has 1 N–H and O–H groups in total. The summed E-state index contributed by atoms with van der Waals surface area (Å²) >= 11 is 4.86. The molecular formula is C9H14BrN3OS. The number of amides is 1. The van der Waals surface area contributed by atoms with Crippen molar-refractivity contribution >= 4 is 38.3 Å². The summed E-state index contributed by atoms with van der Waals surface area (Å²) in [5.74, 6) is 0.0140. The van der Waals surface area contributed by atoms with Crippen LogP contribution in [0.2, 0.25) is 0 Å². The molecule has 1 rings (SSSR count). The van der Waals surface area contributed by atoms with Gasteiger partial charge in [0, 0.05) is 26.0 Å². The van der Waals surface area contributed by atoms with Crippen LogP contribution < -0.4 is 10.2 Å². The Morgan fingerprint density at radius 2 is 2.47 bits per heavy atom. The molecule has 0 fully saturated rings. The van der Waals surface area contributed by atoms with Crippen LogP contribution in [0.15, 0.2) is 9.98 Å². The number of carbonyl (C=O) groups is 1. The molecule has 84 valence electrons. The summed E-state index contributed by atoms with van der Waals surface area (Å²) in [6.45, 7) is 2.57. The molecule has 0 radical (unpaired) electrons. The minimum atomic E-state index is -0.0392. The van der Waals surface area contributed by atoms with Crippen molar-refractivity contribution in [3.63, 3.8) is 0 Å². The molecule has 1 aromatic rings. The number of nitrogens with zero attached hydrogens (tertiary/aromatic N) is 2. The predicted octanol–water partition coefficient (Wildman–Crippen LogP) is 1.72. The van der Waals surface area contributed by atoms with E-state index in [9.17, 15) is 4.79 Å². The van der Waals surface area contributed by atoms with Crippen molar-refractivity contribution in [2.45, 2.75) is 6.92 Å². The molecule has 0 aliphatic carbocycles. The first-order valence-corrected chi connectivity index (χ1v) is 6.25. The van der Waals surface area contributed by atoms with Crippen molar-refractivity contribution in [1.82, 2.24) is 10.3 Å². The van der Waals surface area contributed by atoms with Gasteiger partial charge in [-0.2, -0.15) is 0 Å². The van der Waals surface area contributed by atoms with Gasteiger partial charge in [-0.25, -0.2) is 4.98 Å². The van der Waals surface area contributed by atoms with Crippen LogP contribution in [-0.2, 0) is 4.79 Å². The summed E-state index contributed by atoms with van der Waals surface area (Å²) < 4.78 is 0.835. The van der Waals surface area contributed by atoms with Gasteiger partial charge in [0.2, 0.25) is 5.91 Å². The van der Waals surface area contributed by atoms with E-state index < -0.39 is 0 Å². The van der Waals surface area contributed by atoms with Crippen molar-refractivity contribution in [1.29, 1.82) is 0 Å². The third-order valence-corrected chi connectivity index (χ3v) is 3.70. The maximum atomic E-state index is 11.3. The first-order valence-electron chi connectivity index (χ1n) is 4.58. The summed E-state index contributed by atoms with van der Waals surface area (Å²) in [6.07, 6.45) is 0. The molecule has 0 bridgehead atoms. The number of nitrogens with one attached hydrogen (secondary N) is 1. The number of rotatable bonds is 4. The van der Waals surface area contributed by atoms with Crippen molar-refractivity contribution < 1.29 is 4.79 Å². The van der Waals surface area contributed by atoms with E-state index >= 15 is 0 Å². The number of aromatic nitrogens is 1. The molecule has 1 aromatic heterocycles. The molecule has 0 aromatic carbocycles. The zero-order valence-corrected chi connectivity index (χ0v) is 11.4. The third-order valence-electron chi connectivity index (χ3n) is 2.03. The van der Waals surface area contributed by atoms with Crippen LogP contribution >= 0.6 is 27.3 Å². The van der Waals surface area contributed by atoms with Crippen LogP contribution in [0.4, 0.5) is 5.13 Å². The molecule has 0 aliphatic heterocycles. The zero-order valence-electron chi connectivity index (χ0n) is 8.95. The predicted molar refractivity (Wildman–Crippen MR) is 66.3 cm³/mol. The largest absolute Gasteiger partial charge is 0.359 e. The Morgan fingerprint density at radius 1 is 1.80 bits per heavy atom. The third kappa shape index (κ3) is 3.46. The van der Waals surface area contributed by atoms with Gasteiger partial charge in [0.15, 0.2) is 5.13 Å². The van der Waals surface area contributed by atoms with Gasteiger partial charge >= 0.3 is 0 Å². The van der Waals surface area contributed by atoms with Gasteiger partial charge in [-0.3, -0.25) is 4.79 Å². The highest BCUT2D eigenvalue weighted by atomic mass is 79.9. The second-order valence-electron chi connectivity index (χ2n) is 3.35. The lowest BCUT2D eigenvalue weighted by atomic mass is 10.1. The Hall–Kier alpha value is -0.620. The summed E-state index contributed by atoms with van der Waals surface area (Å²) in [4.78, 5) is 17.6. The zero-order chi connectivity index (χ0) is 11.4. The average Bonchev–Trinajstić information content (AvgIpc) is 2.63. The molecule has 1 unspecified atom stereocenters. The molecule has 1 heterocycles. The van der Waals surface area contributed by atoms with Gasteiger partial charge in [0.25, 0.3) is 0 Å². The minimum Gasteiger partial charge on any atom is -0.359 e. The topological polar surface area (TPSA) is 45.2 Å². The van der Waals surface area contributed by atoms with E-state index in [2.05, 4.69) is 26.2 Å². The average molecular weight is 292 g/mol. The number of hydrogen-bond donors (Lipinski definition) is 1. The SMILES string of the molecule is CNC(=O)C(C)CN(C)c1nc(Br)cs1. The van der Waals surface area contributed by atoms with Crippen LogP contribution in [0.25, 0.3) is 0 Å². The molecule has 15 heavy (non-hydrogen) atoms. The number of thiazole rings is 1. The van der Waals surface area contributed by atoms with Gasteiger partial charge in [0.1, 0.15) is 4.60 Å². The Labute approximate surface area is 102 Å². The molecular weight excluding hydrogens is 278 g/mol. The highest BCUT2D eigenvalue weighted by Gasteiger charge is 2.15. The molecule has 1 atom stereocenters. The fraction of sp³-hybridized carbons (Fsp3) is 0.556. The van der Waals surface area contributed by atoms with E-state index in [0.717, 1.165) is 9.73 Å². The summed E-state index contributed by atoms with van der Waals surface area (Å²) in [6, 6.07) is 0. The van der Waals surface area contributed by atoms with E-state index in [1.54, 1.807) is 18.4 Å². The molecule has 0 saturated carbocycles. The van der Waals surface area contributed by atoms with Gasteiger partial charge in [-0.05, 0) is 15.9 Å². The molecule has 1 amide bonds. The van der Waals surface area contributed by atoms with Gasteiger partial charge < -0.3 is 10.2 Å². The van der Waals surface area contributed by atoms with E-state index in [0.29, 0.717) is 6.54 Å². The van der Waals surface area contributed by atoms with E-state index in [-0.39, 0.29) is 11.8 Å². The van der Waals surface area contributed by atoms with E-state index in [1.807, 2.05) is 24.3 Å². The normalized spacial score (nSPS) is 12.3. The molecule has 6 heteroatoms. The van der Waals surface area contributed by atoms with Gasteiger partial charge in [-0.1, -0.05) is 6.92 Å². The number of anilines is 1. The molecule has 0 aliphatic rings. The fourth-order valence-corrected chi connectivity index (χ4v) is 2.47. The smallest absolute Gasteiger partial charge is 0.224 e. The molecule has 0 saturated heterocycles. The minimum absolute atomic E-state index is 0.0392. The maximum Gasteiger partial charge on any atom is 0.224 e. The van der Waals surface area contributed by atoms with Crippen molar-refractivity contribution in [2.75, 3.05) is 25.5 Å². The first-order chi connectivity index (χ1) is 7.04. The van der Waals surface area contributed by atoms with Crippen LogP contribution in [0.1, 0.15) is 6.92 Å². The second kappa shape index (κ2) is 5.46. The maximum absolute atomic E-state index is 11.3. The Kier molecular flexibility index (Phi) is 4.53. The van der Waals surface area contributed by atoms with Crippen molar-refractivity contribution in [3.8, 4) is 0 Å². The lowest BCUT2D eigenvalue weighted by molar-refractivity contribution is -0.123. The van der Waals surface area contributed by atoms with Crippen molar-refractivity contribution in [3.05, 3.63) is 9.98 Å². The molecule has 4 nitrogen and oxygen atoms in total. The van der Waals surface area contributed by atoms with Crippen LogP contribution in [0, 0.1) is 5.92 Å². The highest BCUT2D eigenvalue weighted by Crippen LogP contribution is 2.23.